The van der Waals surface area contributed by atoms with E-state index < -0.39 is 0 Å². The van der Waals surface area contributed by atoms with Gasteiger partial charge < -0.3 is 10.4 Å². The number of hydrogen-bond acceptors (Lipinski definition) is 2. The average Bonchev–Trinajstić information content (AvgIpc) is 2.57. The molecule has 0 fully saturated rings. The summed E-state index contributed by atoms with van der Waals surface area (Å²) in [6.07, 6.45) is 3.99. The fraction of sp³-hybridized carbons (Fsp3) is 0.250. The molecule has 0 aliphatic rings. The van der Waals surface area contributed by atoms with Gasteiger partial charge in [-0.2, -0.15) is 0 Å². The van der Waals surface area contributed by atoms with Crippen LogP contribution in [0.25, 0.3) is 6.08 Å². The highest BCUT2D eigenvalue weighted by Crippen LogP contribution is 2.18. The molecule has 2 aromatic rings. The summed E-state index contributed by atoms with van der Waals surface area (Å²) < 4.78 is 0. The van der Waals surface area contributed by atoms with E-state index in [0.29, 0.717) is 13.0 Å². The standard InChI is InChI=1S/C20H23NO2/c1-16-6-5-7-17(14-16)10-11-20(23)21-15-19(12-13-22)18-8-3-2-4-9-18/h2-11,14,19,22H,12-13,15H2,1H3,(H,21,23)/b11-10+. The first kappa shape index (κ1) is 17.0. The van der Waals surface area contributed by atoms with Crippen molar-refractivity contribution in [3.05, 3.63) is 77.4 Å². The molecule has 23 heavy (non-hydrogen) atoms. The number of aliphatic hydroxyl groups excluding tert-OH is 1. The minimum Gasteiger partial charge on any atom is -0.396 e. The smallest absolute Gasteiger partial charge is 0.244 e. The molecule has 0 radical (unpaired) electrons. The summed E-state index contributed by atoms with van der Waals surface area (Å²) in [5, 5.41) is 12.1. The minimum absolute atomic E-state index is 0.106. The third-order valence-corrected chi connectivity index (χ3v) is 3.74. The van der Waals surface area contributed by atoms with Crippen LogP contribution in [0, 0.1) is 6.92 Å². The zero-order valence-electron chi connectivity index (χ0n) is 13.4. The van der Waals surface area contributed by atoms with Crippen LogP contribution >= 0.6 is 0 Å². The van der Waals surface area contributed by atoms with E-state index in [9.17, 15) is 9.90 Å². The maximum absolute atomic E-state index is 12.0. The van der Waals surface area contributed by atoms with E-state index in [4.69, 9.17) is 0 Å². The molecule has 0 aromatic heterocycles. The van der Waals surface area contributed by atoms with Gasteiger partial charge in [0, 0.05) is 25.1 Å². The number of carbonyl (C=O) groups excluding carboxylic acids is 1. The van der Waals surface area contributed by atoms with E-state index in [0.717, 1.165) is 11.1 Å². The van der Waals surface area contributed by atoms with Crippen molar-refractivity contribution in [2.24, 2.45) is 0 Å². The lowest BCUT2D eigenvalue weighted by atomic mass is 9.96. The molecule has 2 aromatic carbocycles. The Morgan fingerprint density at radius 3 is 2.65 bits per heavy atom. The summed E-state index contributed by atoms with van der Waals surface area (Å²) in [7, 11) is 0. The average molecular weight is 309 g/mol. The molecule has 0 saturated carbocycles. The van der Waals surface area contributed by atoms with Crippen molar-refractivity contribution in [1.82, 2.24) is 5.32 Å². The third kappa shape index (κ3) is 5.72. The molecule has 1 atom stereocenters. The molecule has 0 aliphatic heterocycles. The number of hydrogen-bond donors (Lipinski definition) is 2. The Kier molecular flexibility index (Phi) is 6.57. The quantitative estimate of drug-likeness (QED) is 0.771. The van der Waals surface area contributed by atoms with Gasteiger partial charge in [0.15, 0.2) is 0 Å². The highest BCUT2D eigenvalue weighted by Gasteiger charge is 2.11. The lowest BCUT2D eigenvalue weighted by Gasteiger charge is -2.16. The fourth-order valence-electron chi connectivity index (χ4n) is 2.50. The molecule has 0 spiro atoms. The van der Waals surface area contributed by atoms with E-state index >= 15 is 0 Å². The summed E-state index contributed by atoms with van der Waals surface area (Å²) in [4.78, 5) is 12.0. The molecular weight excluding hydrogens is 286 g/mol. The number of rotatable bonds is 7. The maximum atomic E-state index is 12.0. The first-order valence-corrected chi connectivity index (χ1v) is 7.87. The van der Waals surface area contributed by atoms with Crippen LogP contribution in [0.2, 0.25) is 0 Å². The second-order valence-corrected chi connectivity index (χ2v) is 5.61. The van der Waals surface area contributed by atoms with Crippen LogP contribution in [0.3, 0.4) is 0 Å². The molecule has 3 nitrogen and oxygen atoms in total. The Balaban J connectivity index is 1.91. The molecule has 0 aliphatic carbocycles. The van der Waals surface area contributed by atoms with Crippen molar-refractivity contribution in [2.75, 3.05) is 13.2 Å². The highest BCUT2D eigenvalue weighted by atomic mass is 16.3. The molecule has 2 rings (SSSR count). The Morgan fingerprint density at radius 2 is 1.96 bits per heavy atom. The van der Waals surface area contributed by atoms with Crippen molar-refractivity contribution in [3.8, 4) is 0 Å². The van der Waals surface area contributed by atoms with Crippen molar-refractivity contribution in [3.63, 3.8) is 0 Å². The maximum Gasteiger partial charge on any atom is 0.244 e. The Bertz CT molecular complexity index is 650. The van der Waals surface area contributed by atoms with Gasteiger partial charge >= 0.3 is 0 Å². The number of benzene rings is 2. The van der Waals surface area contributed by atoms with E-state index in [-0.39, 0.29) is 18.4 Å². The van der Waals surface area contributed by atoms with Gasteiger partial charge in [0.2, 0.25) is 5.91 Å². The molecule has 1 unspecified atom stereocenters. The van der Waals surface area contributed by atoms with Gasteiger partial charge in [-0.1, -0.05) is 60.2 Å². The summed E-state index contributed by atoms with van der Waals surface area (Å²) in [6.45, 7) is 2.65. The van der Waals surface area contributed by atoms with Crippen molar-refractivity contribution in [2.45, 2.75) is 19.3 Å². The highest BCUT2D eigenvalue weighted by molar-refractivity contribution is 5.91. The number of carbonyl (C=O) groups is 1. The van der Waals surface area contributed by atoms with E-state index in [2.05, 4.69) is 5.32 Å². The van der Waals surface area contributed by atoms with E-state index in [1.165, 1.54) is 5.56 Å². The lowest BCUT2D eigenvalue weighted by molar-refractivity contribution is -0.116. The zero-order chi connectivity index (χ0) is 16.5. The molecule has 0 heterocycles. The van der Waals surface area contributed by atoms with Gasteiger partial charge in [-0.3, -0.25) is 4.79 Å². The number of aliphatic hydroxyl groups is 1. The molecule has 120 valence electrons. The Hall–Kier alpha value is -2.39. The lowest BCUT2D eigenvalue weighted by Crippen LogP contribution is -2.27. The SMILES string of the molecule is Cc1cccc(/C=C/C(=O)NCC(CCO)c2ccccc2)c1. The molecule has 0 bridgehead atoms. The number of amides is 1. The van der Waals surface area contributed by atoms with E-state index in [1.54, 1.807) is 6.08 Å². The molecular formula is C20H23NO2. The van der Waals surface area contributed by atoms with Crippen LogP contribution in [-0.4, -0.2) is 24.2 Å². The minimum atomic E-state index is -0.120. The van der Waals surface area contributed by atoms with Crippen molar-refractivity contribution in [1.29, 1.82) is 0 Å². The first-order chi connectivity index (χ1) is 11.2. The normalized spacial score (nSPS) is 12.3. The fourth-order valence-corrected chi connectivity index (χ4v) is 2.50. The summed E-state index contributed by atoms with van der Waals surface area (Å²) >= 11 is 0. The third-order valence-electron chi connectivity index (χ3n) is 3.74. The second-order valence-electron chi connectivity index (χ2n) is 5.61. The van der Waals surface area contributed by atoms with Gasteiger partial charge in [-0.05, 0) is 30.5 Å². The summed E-state index contributed by atoms with van der Waals surface area (Å²) in [5.41, 5.74) is 3.30. The molecule has 2 N–H and O–H groups in total. The predicted octanol–water partition coefficient (Wildman–Crippen LogP) is 3.29. The topological polar surface area (TPSA) is 49.3 Å². The van der Waals surface area contributed by atoms with Crippen LogP contribution in [-0.2, 0) is 4.79 Å². The van der Waals surface area contributed by atoms with Gasteiger partial charge in [0.1, 0.15) is 0 Å². The van der Waals surface area contributed by atoms with E-state index in [1.807, 2.05) is 67.6 Å². The molecule has 0 saturated heterocycles. The van der Waals surface area contributed by atoms with Crippen LogP contribution < -0.4 is 5.32 Å². The Labute approximate surface area is 137 Å². The van der Waals surface area contributed by atoms with Crippen LogP contribution in [0.4, 0.5) is 0 Å². The molecule has 1 amide bonds. The van der Waals surface area contributed by atoms with Crippen molar-refractivity contribution >= 4 is 12.0 Å². The summed E-state index contributed by atoms with van der Waals surface area (Å²) in [6, 6.07) is 17.9. The first-order valence-electron chi connectivity index (χ1n) is 7.87. The van der Waals surface area contributed by atoms with Crippen LogP contribution in [0.15, 0.2) is 60.7 Å². The van der Waals surface area contributed by atoms with Gasteiger partial charge in [-0.15, -0.1) is 0 Å². The number of aryl methyl sites for hydroxylation is 1. The largest absolute Gasteiger partial charge is 0.396 e. The van der Waals surface area contributed by atoms with Gasteiger partial charge in [-0.25, -0.2) is 0 Å². The van der Waals surface area contributed by atoms with Gasteiger partial charge in [0.25, 0.3) is 0 Å². The zero-order valence-corrected chi connectivity index (χ0v) is 13.4. The summed E-state index contributed by atoms with van der Waals surface area (Å²) in [5.74, 6) is 0.00268. The Morgan fingerprint density at radius 1 is 1.17 bits per heavy atom. The van der Waals surface area contributed by atoms with Crippen LogP contribution in [0.5, 0.6) is 0 Å². The second kappa shape index (κ2) is 8.91. The monoisotopic (exact) mass is 309 g/mol. The molecule has 3 heteroatoms. The number of nitrogens with one attached hydrogen (secondary N) is 1. The van der Waals surface area contributed by atoms with Crippen LogP contribution in [0.1, 0.15) is 29.0 Å². The predicted molar refractivity (Wildman–Crippen MR) is 94.1 cm³/mol. The van der Waals surface area contributed by atoms with Crippen molar-refractivity contribution < 1.29 is 9.90 Å². The van der Waals surface area contributed by atoms with Gasteiger partial charge in [0.05, 0.1) is 0 Å².